The van der Waals surface area contributed by atoms with E-state index in [2.05, 4.69) is 119 Å². The fourth-order valence-corrected chi connectivity index (χ4v) is 13.3. The minimum absolute atomic E-state index is 0.0572. The van der Waals surface area contributed by atoms with Gasteiger partial charge in [-0.1, -0.05) is 68.2 Å². The van der Waals surface area contributed by atoms with Gasteiger partial charge in [-0.15, -0.1) is 0 Å². The largest absolute Gasteiger partial charge is 0.481 e. The van der Waals surface area contributed by atoms with Crippen LogP contribution in [-0.2, 0) is 125 Å². The lowest BCUT2D eigenvalue weighted by molar-refractivity contribution is -0.143. The molecule has 59 nitrogen and oxygen atoms in total. The van der Waals surface area contributed by atoms with Crippen molar-refractivity contribution in [2.24, 2.45) is 58.1 Å². The number of hydrogen-bond acceptors (Lipinski definition) is 33. The molecule has 0 aromatic rings. The molecule has 0 bridgehead atoms. The van der Waals surface area contributed by atoms with Crippen molar-refractivity contribution in [3.8, 4) is 0 Å². The third-order valence-corrected chi connectivity index (χ3v) is 22.2. The van der Waals surface area contributed by atoms with Gasteiger partial charge in [0.1, 0.15) is 103 Å². The fourth-order valence-electron chi connectivity index (χ4n) is 12.6. The maximum absolute atomic E-state index is 14.2. The van der Waals surface area contributed by atoms with Crippen LogP contribution in [0.25, 0.3) is 0 Å². The zero-order valence-electron chi connectivity index (χ0n) is 81.0. The van der Waals surface area contributed by atoms with E-state index in [0.29, 0.717) is 0 Å². The summed E-state index contributed by atoms with van der Waals surface area (Å²) < 4.78 is 0. The Morgan fingerprint density at radius 1 is 0.336 bits per heavy atom. The van der Waals surface area contributed by atoms with Crippen molar-refractivity contribution >= 4 is 184 Å². The van der Waals surface area contributed by atoms with Crippen LogP contribution < -0.4 is 141 Å². The van der Waals surface area contributed by atoms with Crippen LogP contribution in [0.15, 0.2) is 0 Å². The van der Waals surface area contributed by atoms with E-state index in [1.807, 2.05) is 0 Å². The number of rotatable bonds is 70. The summed E-state index contributed by atoms with van der Waals surface area (Å²) >= 11 is 5.37. The van der Waals surface area contributed by atoms with Crippen LogP contribution >= 0.6 is 24.4 Å². The van der Waals surface area contributed by atoms with Crippen molar-refractivity contribution in [3.05, 3.63) is 0 Å². The highest BCUT2D eigenvalue weighted by Gasteiger charge is 2.42. The molecule has 0 saturated heterocycles. The molecule has 23 amide bonds. The zero-order valence-corrected chi connectivity index (χ0v) is 82.7. The highest BCUT2D eigenvalue weighted by Crippen LogP contribution is 2.16. The van der Waals surface area contributed by atoms with Gasteiger partial charge in [-0.25, -0.2) is 4.79 Å². The topological polar surface area (TPSA) is 986 Å². The summed E-state index contributed by atoms with van der Waals surface area (Å²) in [6.45, 7) is 10.8. The van der Waals surface area contributed by atoms with Crippen molar-refractivity contribution in [1.29, 1.82) is 5.41 Å². The van der Waals surface area contributed by atoms with E-state index in [-0.39, 0.29) is 44.4 Å². The van der Waals surface area contributed by atoms with Crippen LogP contribution in [0.4, 0.5) is 0 Å². The van der Waals surface area contributed by atoms with Crippen molar-refractivity contribution in [1.82, 2.24) is 106 Å². The molecule has 806 valence electrons. The number of aliphatic hydroxyl groups is 3. The molecule has 0 radical (unpaired) electrons. The second-order valence-corrected chi connectivity index (χ2v) is 35.2. The summed E-state index contributed by atoms with van der Waals surface area (Å²) in [6, 6.07) is -29.7. The Kier molecular flexibility index (Phi) is 59.5. The van der Waals surface area contributed by atoms with Gasteiger partial charge < -0.3 is 171 Å². The summed E-state index contributed by atoms with van der Waals surface area (Å²) in [6.07, 6.45) is -8.07. The molecule has 39 N–H and O–H groups in total. The number of thioether (sulfide) groups is 1. The van der Waals surface area contributed by atoms with Crippen LogP contribution in [0, 0.1) is 29.1 Å². The Morgan fingerprint density at radius 3 is 1.15 bits per heavy atom. The number of nitrogens with one attached hydrogen (secondary N) is 21. The molecule has 0 aliphatic heterocycles. The highest BCUT2D eigenvalue weighted by atomic mass is 32.2. The zero-order chi connectivity index (χ0) is 110. The molecule has 0 aliphatic carbocycles. The molecule has 0 heterocycles. The van der Waals surface area contributed by atoms with E-state index in [9.17, 15) is 155 Å². The van der Waals surface area contributed by atoms with Crippen molar-refractivity contribution in [2.45, 2.75) is 275 Å². The van der Waals surface area contributed by atoms with Gasteiger partial charge in [0.2, 0.25) is 136 Å². The van der Waals surface area contributed by atoms with E-state index in [1.54, 1.807) is 27.0 Å². The standard InChI is InChI=1S/C82H139N27O32S2/c1-13-35(7)62(79(138)99-43(81(140)141)17-19-50(83)113)107-69(128)42(21-23-143-12)96-65(124)37(9)94-70(129)46(26-53(86)116)101-80(139)63(36(8)14-2)108-72(131)45(25-52(85)115)95-55(118)30-93-76(135)64(39(11)112)109-74(133)49(32-142)104-68(127)41(18-20-57(120)121)98-78(137)61(34(5)6)106-73(132)48(31-110)103-67(126)40(16-15-22-90-82(88)89)97-71(130)47(27-58(122)123)102-77(136)60(33(3)4)105-56(119)29-91-54(117)28-92-66(125)44(24-51(84)114)100-75(134)59(87)38(10)111/h33-49,59-64,110-112,142H,13-32,87H2,1-12H3,(H2,83,113)(H2,84,114)(H2,85,115)(H2,86,116)(H,91,117)(H,92,125)(H,93,135)(H,94,129)(H,95,118)(H,96,124)(H,97,130)(H,98,137)(H,99,138)(H,100,134)(H,101,139)(H,102,136)(H,103,126)(H,104,127)(H,105,119)(H,106,132)(H,107,128)(H,108,131)(H,109,133)(H,120,121)(H,122,123)(H,140,141)(H4,88,89,90)/t35-,36-,37-,38+,39+,40-,41-,42-,43-,44-,45-,46-,47-,48-,49-,59-,60-,61-,62-,63-,64-/m0/s1. The number of hydrogen-bond donors (Lipinski definition) is 34. The summed E-state index contributed by atoms with van der Waals surface area (Å²) in [7, 11) is 0. The second-order valence-electron chi connectivity index (χ2n) is 33.9. The van der Waals surface area contributed by atoms with Gasteiger partial charge >= 0.3 is 17.9 Å². The normalized spacial score (nSPS) is 15.4. The third kappa shape index (κ3) is 49.8. The average Bonchev–Trinajstić information content (AvgIpc) is 0.852. The Morgan fingerprint density at radius 2 is 0.692 bits per heavy atom. The van der Waals surface area contributed by atoms with Crippen LogP contribution in [0.1, 0.15) is 160 Å². The van der Waals surface area contributed by atoms with Gasteiger partial charge in [-0.05, 0) is 88.6 Å². The molecule has 0 aromatic carbocycles. The number of nitrogens with two attached hydrogens (primary N) is 6. The molecular formula is C82H139N27O32S2. The summed E-state index contributed by atoms with van der Waals surface area (Å²) in [5.74, 6) is -35.7. The fraction of sp³-hybridized carbons (Fsp3) is 0.671. The van der Waals surface area contributed by atoms with Gasteiger partial charge in [0.05, 0.1) is 64.1 Å². The molecule has 0 aromatic heterocycles. The number of carboxylic acid groups (broad SMARTS) is 3. The van der Waals surface area contributed by atoms with Gasteiger partial charge in [-0.3, -0.25) is 125 Å². The second kappa shape index (κ2) is 65.9. The molecule has 0 rings (SSSR count). The lowest BCUT2D eigenvalue weighted by atomic mass is 9.97. The van der Waals surface area contributed by atoms with E-state index in [4.69, 9.17) is 39.8 Å². The molecule has 0 aliphatic rings. The predicted molar refractivity (Wildman–Crippen MR) is 505 cm³/mol. The van der Waals surface area contributed by atoms with Crippen molar-refractivity contribution in [2.75, 3.05) is 50.5 Å². The lowest BCUT2D eigenvalue weighted by Crippen LogP contribution is -2.62. The minimum Gasteiger partial charge on any atom is -0.481 e. The summed E-state index contributed by atoms with van der Waals surface area (Å²) in [5, 5.41) is 113. The molecule has 0 saturated carbocycles. The third-order valence-electron chi connectivity index (χ3n) is 21.2. The number of aliphatic hydroxyl groups excluding tert-OH is 3. The first kappa shape index (κ1) is 129. The number of amides is 23. The number of carboxylic acids is 3. The Hall–Kier alpha value is -14.0. The maximum atomic E-state index is 14.2. The quantitative estimate of drug-likeness (QED) is 0.0116. The smallest absolute Gasteiger partial charge is 0.326 e. The molecule has 0 fully saturated rings. The van der Waals surface area contributed by atoms with Gasteiger partial charge in [-0.2, -0.15) is 24.4 Å². The van der Waals surface area contributed by atoms with Gasteiger partial charge in [0.15, 0.2) is 5.96 Å². The Labute approximate surface area is 830 Å². The molecule has 0 spiro atoms. The van der Waals surface area contributed by atoms with Crippen LogP contribution in [0.2, 0.25) is 0 Å². The molecular weight excluding hydrogens is 1940 g/mol. The number of primary amides is 4. The van der Waals surface area contributed by atoms with E-state index >= 15 is 0 Å². The minimum atomic E-state index is -2.07. The van der Waals surface area contributed by atoms with Crippen molar-refractivity contribution < 1.29 is 155 Å². The number of guanidine groups is 1. The van der Waals surface area contributed by atoms with Crippen molar-refractivity contribution in [3.63, 3.8) is 0 Å². The summed E-state index contributed by atoms with van der Waals surface area (Å²) in [5.41, 5.74) is 32.2. The van der Waals surface area contributed by atoms with Crippen LogP contribution in [-0.4, -0.2) is 356 Å². The first-order valence-electron chi connectivity index (χ1n) is 45.0. The Bertz CT molecular complexity index is 4500. The number of thiol groups is 1. The first-order valence-corrected chi connectivity index (χ1v) is 47.0. The molecule has 0 unspecified atom stereocenters. The maximum Gasteiger partial charge on any atom is 0.326 e. The molecule has 61 heteroatoms. The molecule has 143 heavy (non-hydrogen) atoms. The van der Waals surface area contributed by atoms with Gasteiger partial charge in [0, 0.05) is 25.1 Å². The SMILES string of the molecule is CC[C@H](C)[C@H](NC(=O)[C@H](CCSC)NC(=O)[C@H](C)NC(=O)[C@H](CC(N)=O)NC(=O)[C@@H](NC(=O)[C@H](CC(N)=O)NC(=O)CNC(=O)[C@@H](NC(=O)[C@H](CS)NC(=O)[C@H](CCC(=O)O)NC(=O)[C@@H](NC(=O)[C@H](CO)NC(=O)[C@H](CCCNC(=N)N)NC(=O)[C@H](CC(=O)O)NC(=O)[C@@H](NC(=O)CNC(=O)CNC(=O)[C@H](CC(N)=O)NC(=O)[C@@H](N)[C@@H](C)O)C(C)C)C(C)C)[C@@H](C)O)[C@@H](C)CC)C(=O)N[C@@H](CCC(N)=O)C(=O)O. The number of aliphatic carboxylic acids is 3. The predicted octanol–water partition coefficient (Wildman–Crippen LogP) is -15.1. The lowest BCUT2D eigenvalue weighted by Gasteiger charge is -2.29. The van der Waals surface area contributed by atoms with Gasteiger partial charge in [0.25, 0.3) is 0 Å². The van der Waals surface area contributed by atoms with E-state index < -0.39 is 382 Å². The van der Waals surface area contributed by atoms with E-state index in [1.165, 1.54) is 53.3 Å². The Balaban J connectivity index is 6.71. The summed E-state index contributed by atoms with van der Waals surface area (Å²) in [4.78, 5) is 344. The average molecular weight is 2080 g/mol. The van der Waals surface area contributed by atoms with E-state index in [0.717, 1.165) is 13.8 Å². The van der Waals surface area contributed by atoms with Crippen LogP contribution in [0.5, 0.6) is 0 Å². The number of carbonyl (C=O) groups is 26. The highest BCUT2D eigenvalue weighted by molar-refractivity contribution is 7.98. The van der Waals surface area contributed by atoms with Crippen LogP contribution in [0.3, 0.4) is 0 Å². The number of carbonyl (C=O) groups excluding carboxylic acids is 23. The monoisotopic (exact) mass is 2080 g/mol. The first-order chi connectivity index (χ1) is 66.6. The molecule has 21 atom stereocenters.